The minimum atomic E-state index is -3.14. The number of nitrogens with zero attached hydrogens (tertiary/aromatic N) is 7. The van der Waals surface area contributed by atoms with Crippen LogP contribution in [-0.2, 0) is 21.3 Å². The summed E-state index contributed by atoms with van der Waals surface area (Å²) in [4.78, 5) is 21.0. The Morgan fingerprint density at radius 2 is 1.83 bits per heavy atom. The van der Waals surface area contributed by atoms with Crippen LogP contribution in [0.2, 0.25) is 0 Å². The first-order valence-corrected chi connectivity index (χ1v) is 14.2. The predicted octanol–water partition coefficient (Wildman–Crippen LogP) is 1.54. The summed E-state index contributed by atoms with van der Waals surface area (Å²) in [6.45, 7) is 6.11. The molecule has 35 heavy (non-hydrogen) atoms. The summed E-state index contributed by atoms with van der Waals surface area (Å²) in [7, 11) is -3.14. The lowest BCUT2D eigenvalue weighted by Crippen LogP contribution is -2.47. The number of sulfonamides is 1. The van der Waals surface area contributed by atoms with Crippen LogP contribution < -0.4 is 4.90 Å². The predicted molar refractivity (Wildman–Crippen MR) is 135 cm³/mol. The van der Waals surface area contributed by atoms with Crippen molar-refractivity contribution in [1.29, 1.82) is 0 Å². The Bertz CT molecular complexity index is 1470. The van der Waals surface area contributed by atoms with E-state index >= 15 is 0 Å². The van der Waals surface area contributed by atoms with Crippen molar-refractivity contribution < 1.29 is 13.2 Å². The Balaban J connectivity index is 1.36. The van der Waals surface area contributed by atoms with Crippen LogP contribution in [0, 0.1) is 0 Å². The van der Waals surface area contributed by atoms with Gasteiger partial charge in [-0.1, -0.05) is 0 Å². The van der Waals surface area contributed by atoms with Gasteiger partial charge in [0.25, 0.3) is 0 Å². The molecular formula is C22H26N8O3S2. The Morgan fingerprint density at radius 3 is 2.60 bits per heavy atom. The zero-order chi connectivity index (χ0) is 24.0. The maximum Gasteiger partial charge on any atom is 0.211 e. The number of aromatic amines is 1. The molecular weight excluding hydrogens is 488 g/mol. The maximum atomic E-state index is 11.8. The van der Waals surface area contributed by atoms with Gasteiger partial charge in [0.2, 0.25) is 10.0 Å². The zero-order valence-corrected chi connectivity index (χ0v) is 21.0. The number of rotatable bonds is 5. The topological polar surface area (TPSA) is 120 Å². The standard InChI is InChI=1S/C22H26N8O3S2/c1-35(31,32)30-4-2-28(3-5-30)14-15-10-16-21(29-6-8-33-9-7-29)25-20(26-22(16)34-15)18-11-23-13-19-17(18)12-24-27-19/h10-13H,2-9,14H2,1H3,(H,24,27). The number of morpholine rings is 1. The normalized spacial score (nSPS) is 18.6. The van der Waals surface area contributed by atoms with Crippen LogP contribution in [0.25, 0.3) is 32.5 Å². The number of anilines is 1. The van der Waals surface area contributed by atoms with Crippen LogP contribution in [0.5, 0.6) is 0 Å². The smallest absolute Gasteiger partial charge is 0.211 e. The van der Waals surface area contributed by atoms with E-state index in [4.69, 9.17) is 14.7 Å². The molecule has 13 heteroatoms. The van der Waals surface area contributed by atoms with E-state index in [0.717, 1.165) is 52.1 Å². The number of piperazine rings is 1. The summed E-state index contributed by atoms with van der Waals surface area (Å²) in [5.41, 5.74) is 1.69. The minimum Gasteiger partial charge on any atom is -0.378 e. The lowest BCUT2D eigenvalue weighted by Gasteiger charge is -2.32. The van der Waals surface area contributed by atoms with Gasteiger partial charge in [-0.15, -0.1) is 11.3 Å². The van der Waals surface area contributed by atoms with Crippen LogP contribution in [0.4, 0.5) is 5.82 Å². The van der Waals surface area contributed by atoms with Crippen molar-refractivity contribution in [2.24, 2.45) is 0 Å². The molecule has 6 heterocycles. The molecule has 0 aromatic carbocycles. The number of thiophene rings is 1. The lowest BCUT2D eigenvalue weighted by molar-refractivity contribution is 0.122. The Hall–Kier alpha value is -2.71. The van der Waals surface area contributed by atoms with Gasteiger partial charge in [-0.2, -0.15) is 9.40 Å². The van der Waals surface area contributed by atoms with Crippen molar-refractivity contribution in [3.05, 3.63) is 29.5 Å². The second-order valence-electron chi connectivity index (χ2n) is 8.86. The number of ether oxygens (including phenoxy) is 1. The highest BCUT2D eigenvalue weighted by Crippen LogP contribution is 2.35. The fourth-order valence-corrected chi connectivity index (χ4v) is 6.54. The molecule has 2 aliphatic heterocycles. The molecule has 0 radical (unpaired) electrons. The van der Waals surface area contributed by atoms with E-state index in [0.29, 0.717) is 45.2 Å². The molecule has 4 aromatic heterocycles. The number of nitrogens with one attached hydrogen (secondary N) is 1. The van der Waals surface area contributed by atoms with Gasteiger partial charge in [0.15, 0.2) is 5.82 Å². The molecule has 0 atom stereocenters. The first-order valence-electron chi connectivity index (χ1n) is 11.5. The van der Waals surface area contributed by atoms with E-state index in [9.17, 15) is 8.42 Å². The fourth-order valence-electron chi connectivity index (χ4n) is 4.65. The summed E-state index contributed by atoms with van der Waals surface area (Å²) in [6.07, 6.45) is 6.60. The van der Waals surface area contributed by atoms with Gasteiger partial charge >= 0.3 is 0 Å². The van der Waals surface area contributed by atoms with Crippen molar-refractivity contribution in [2.45, 2.75) is 6.54 Å². The van der Waals surface area contributed by atoms with Crippen molar-refractivity contribution >= 4 is 48.3 Å². The van der Waals surface area contributed by atoms with Gasteiger partial charge < -0.3 is 9.64 Å². The van der Waals surface area contributed by atoms with Crippen LogP contribution in [-0.4, -0.2) is 102 Å². The van der Waals surface area contributed by atoms with Crippen molar-refractivity contribution in [3.63, 3.8) is 0 Å². The third-order valence-electron chi connectivity index (χ3n) is 6.52. The average Bonchev–Trinajstić information content (AvgIpc) is 3.50. The zero-order valence-electron chi connectivity index (χ0n) is 19.3. The number of fused-ring (bicyclic) bond motifs is 2. The SMILES string of the molecule is CS(=O)(=O)N1CCN(Cc2cc3c(N4CCOCC4)nc(-c4cncc5[nH]ncc45)nc3s2)CC1. The first-order chi connectivity index (χ1) is 17.0. The average molecular weight is 515 g/mol. The summed E-state index contributed by atoms with van der Waals surface area (Å²) in [5, 5.41) is 9.11. The van der Waals surface area contributed by atoms with Crippen molar-refractivity contribution in [1.82, 2.24) is 34.4 Å². The first kappa shape index (κ1) is 22.7. The van der Waals surface area contributed by atoms with E-state index in [1.165, 1.54) is 11.1 Å². The number of hydrogen-bond acceptors (Lipinski definition) is 10. The molecule has 0 aliphatic carbocycles. The van der Waals surface area contributed by atoms with Gasteiger partial charge in [0.1, 0.15) is 10.6 Å². The number of hydrogen-bond donors (Lipinski definition) is 1. The summed E-state index contributed by atoms with van der Waals surface area (Å²) in [6, 6.07) is 2.19. The van der Waals surface area contributed by atoms with Crippen LogP contribution in [0.1, 0.15) is 4.88 Å². The second kappa shape index (κ2) is 9.06. The third-order valence-corrected chi connectivity index (χ3v) is 8.84. The monoisotopic (exact) mass is 514 g/mol. The third kappa shape index (κ3) is 4.49. The molecule has 0 amide bonds. The molecule has 11 nitrogen and oxygen atoms in total. The number of aromatic nitrogens is 5. The number of pyridine rings is 1. The summed E-state index contributed by atoms with van der Waals surface area (Å²) < 4.78 is 30.8. The number of H-pyrrole nitrogens is 1. The molecule has 2 fully saturated rings. The van der Waals surface area contributed by atoms with E-state index < -0.39 is 10.0 Å². The van der Waals surface area contributed by atoms with Gasteiger partial charge in [-0.3, -0.25) is 15.0 Å². The molecule has 0 bridgehead atoms. The van der Waals surface area contributed by atoms with Gasteiger partial charge in [-0.25, -0.2) is 18.4 Å². The highest BCUT2D eigenvalue weighted by atomic mass is 32.2. The van der Waals surface area contributed by atoms with Crippen molar-refractivity contribution in [3.8, 4) is 11.4 Å². The van der Waals surface area contributed by atoms with E-state index in [1.54, 1.807) is 34.2 Å². The van der Waals surface area contributed by atoms with E-state index in [-0.39, 0.29) is 0 Å². The van der Waals surface area contributed by atoms with E-state index in [2.05, 4.69) is 31.0 Å². The lowest BCUT2D eigenvalue weighted by atomic mass is 10.2. The largest absolute Gasteiger partial charge is 0.378 e. The van der Waals surface area contributed by atoms with Crippen LogP contribution >= 0.6 is 11.3 Å². The minimum absolute atomic E-state index is 0.522. The van der Waals surface area contributed by atoms with E-state index in [1.807, 2.05) is 0 Å². The Kier molecular flexibility index (Phi) is 5.89. The second-order valence-corrected chi connectivity index (χ2v) is 12.0. The van der Waals surface area contributed by atoms with Crippen LogP contribution in [0.15, 0.2) is 24.7 Å². The highest BCUT2D eigenvalue weighted by Gasteiger charge is 2.25. The molecule has 0 saturated carbocycles. The molecule has 1 N–H and O–H groups in total. The van der Waals surface area contributed by atoms with Crippen LogP contribution in [0.3, 0.4) is 0 Å². The van der Waals surface area contributed by atoms with Crippen molar-refractivity contribution in [2.75, 3.05) is 63.6 Å². The molecule has 6 rings (SSSR count). The Morgan fingerprint density at radius 1 is 1.03 bits per heavy atom. The highest BCUT2D eigenvalue weighted by molar-refractivity contribution is 7.88. The fraction of sp³-hybridized carbons (Fsp3) is 0.455. The summed E-state index contributed by atoms with van der Waals surface area (Å²) >= 11 is 1.67. The molecule has 184 valence electrons. The Labute approximate surface area is 206 Å². The van der Waals surface area contributed by atoms with Gasteiger partial charge in [0, 0.05) is 67.8 Å². The molecule has 0 unspecified atom stereocenters. The molecule has 2 saturated heterocycles. The van der Waals surface area contributed by atoms with Gasteiger partial charge in [-0.05, 0) is 6.07 Å². The molecule has 2 aliphatic rings. The summed E-state index contributed by atoms with van der Waals surface area (Å²) in [5.74, 6) is 1.55. The van der Waals surface area contributed by atoms with Gasteiger partial charge in [0.05, 0.1) is 42.8 Å². The maximum absolute atomic E-state index is 11.8. The quantitative estimate of drug-likeness (QED) is 0.423. The molecule has 4 aromatic rings. The molecule has 0 spiro atoms.